The van der Waals surface area contributed by atoms with Gasteiger partial charge in [-0.25, -0.2) is 0 Å². The van der Waals surface area contributed by atoms with Crippen LogP contribution in [-0.4, -0.2) is 38.9 Å². The van der Waals surface area contributed by atoms with Gasteiger partial charge in [-0.1, -0.05) is 13.8 Å². The first-order valence-corrected chi connectivity index (χ1v) is 5.62. The summed E-state index contributed by atoms with van der Waals surface area (Å²) in [5, 5.41) is 6.70. The van der Waals surface area contributed by atoms with Crippen LogP contribution in [-0.2, 0) is 4.74 Å². The van der Waals surface area contributed by atoms with E-state index in [-0.39, 0.29) is 0 Å². The first-order valence-electron chi connectivity index (χ1n) is 5.62. The van der Waals surface area contributed by atoms with Crippen molar-refractivity contribution in [1.82, 2.24) is 10.6 Å². The van der Waals surface area contributed by atoms with E-state index in [2.05, 4.69) is 31.4 Å². The summed E-state index contributed by atoms with van der Waals surface area (Å²) in [6, 6.07) is 0.618. The molecule has 0 bridgehead atoms. The fraction of sp³-hybridized carbons (Fsp3) is 1.00. The summed E-state index contributed by atoms with van der Waals surface area (Å²) in [5.74, 6) is 0. The molecule has 0 heterocycles. The van der Waals surface area contributed by atoms with Crippen molar-refractivity contribution in [3.63, 3.8) is 0 Å². The second kappa shape index (κ2) is 5.10. The van der Waals surface area contributed by atoms with Gasteiger partial charge in [0.15, 0.2) is 0 Å². The molecule has 0 aromatic heterocycles. The van der Waals surface area contributed by atoms with Crippen LogP contribution in [0.15, 0.2) is 0 Å². The van der Waals surface area contributed by atoms with E-state index in [1.54, 1.807) is 0 Å². The van der Waals surface area contributed by atoms with Crippen LogP contribution in [0, 0.1) is 5.41 Å². The number of hydrogen-bond donors (Lipinski definition) is 2. The summed E-state index contributed by atoms with van der Waals surface area (Å²) >= 11 is 0. The minimum atomic E-state index is 0.295. The maximum absolute atomic E-state index is 5.67. The van der Waals surface area contributed by atoms with Gasteiger partial charge in [-0.3, -0.25) is 0 Å². The zero-order valence-electron chi connectivity index (χ0n) is 9.89. The molecule has 2 atom stereocenters. The molecule has 84 valence electrons. The van der Waals surface area contributed by atoms with Gasteiger partial charge in [0.1, 0.15) is 0 Å². The second-order valence-corrected chi connectivity index (χ2v) is 4.61. The molecule has 0 saturated heterocycles. The number of nitrogens with one attached hydrogen (secondary N) is 2. The Kier molecular flexibility index (Phi) is 4.35. The lowest BCUT2D eigenvalue weighted by atomic mass is 9.64. The van der Waals surface area contributed by atoms with E-state index in [1.807, 2.05) is 7.05 Å². The fourth-order valence-corrected chi connectivity index (χ4v) is 2.09. The molecule has 0 spiro atoms. The molecule has 0 aromatic carbocycles. The van der Waals surface area contributed by atoms with E-state index < -0.39 is 0 Å². The predicted molar refractivity (Wildman–Crippen MR) is 59.5 cm³/mol. The number of likely N-dealkylation sites (N-methyl/N-ethyl adjacent to an activating group) is 1. The third-order valence-electron chi connectivity index (χ3n) is 3.31. The Hall–Kier alpha value is -0.120. The predicted octanol–water partition coefficient (Wildman–Crippen LogP) is 0.999. The van der Waals surface area contributed by atoms with Gasteiger partial charge in [0.05, 0.1) is 6.10 Å². The molecular formula is C11H24N2O. The van der Waals surface area contributed by atoms with E-state index in [9.17, 15) is 0 Å². The molecule has 1 aliphatic rings. The zero-order chi connectivity index (χ0) is 10.6. The van der Waals surface area contributed by atoms with Crippen molar-refractivity contribution in [1.29, 1.82) is 0 Å². The molecule has 1 aliphatic carbocycles. The normalized spacial score (nSPS) is 30.0. The van der Waals surface area contributed by atoms with Crippen molar-refractivity contribution in [2.45, 2.75) is 39.3 Å². The van der Waals surface area contributed by atoms with Crippen LogP contribution in [0.25, 0.3) is 0 Å². The van der Waals surface area contributed by atoms with Gasteiger partial charge >= 0.3 is 0 Å². The van der Waals surface area contributed by atoms with Gasteiger partial charge in [0.2, 0.25) is 0 Å². The van der Waals surface area contributed by atoms with Crippen LogP contribution >= 0.6 is 0 Å². The molecule has 0 aromatic rings. The zero-order valence-corrected chi connectivity index (χ0v) is 9.89. The summed E-state index contributed by atoms with van der Waals surface area (Å²) in [6.45, 7) is 9.55. The average Bonchev–Trinajstić information content (AvgIpc) is 2.15. The summed E-state index contributed by atoms with van der Waals surface area (Å²) in [5.41, 5.74) is 0.295. The van der Waals surface area contributed by atoms with Gasteiger partial charge in [-0.2, -0.15) is 0 Å². The minimum Gasteiger partial charge on any atom is -0.378 e. The molecule has 2 N–H and O–H groups in total. The molecule has 1 rings (SSSR count). The Bertz CT molecular complexity index is 169. The van der Waals surface area contributed by atoms with E-state index >= 15 is 0 Å². The highest BCUT2D eigenvalue weighted by atomic mass is 16.5. The summed E-state index contributed by atoms with van der Waals surface area (Å²) in [7, 11) is 1.98. The van der Waals surface area contributed by atoms with Crippen molar-refractivity contribution in [2.24, 2.45) is 5.41 Å². The quantitative estimate of drug-likeness (QED) is 0.628. The Morgan fingerprint density at radius 3 is 2.57 bits per heavy atom. The van der Waals surface area contributed by atoms with Crippen molar-refractivity contribution in [2.75, 3.05) is 26.7 Å². The molecule has 3 heteroatoms. The largest absolute Gasteiger partial charge is 0.378 e. The van der Waals surface area contributed by atoms with Gasteiger partial charge in [0.25, 0.3) is 0 Å². The third-order valence-corrected chi connectivity index (χ3v) is 3.31. The van der Waals surface area contributed by atoms with Crippen molar-refractivity contribution in [3.8, 4) is 0 Å². The van der Waals surface area contributed by atoms with Gasteiger partial charge in [-0.15, -0.1) is 0 Å². The van der Waals surface area contributed by atoms with E-state index in [0.717, 1.165) is 26.1 Å². The third kappa shape index (κ3) is 2.47. The van der Waals surface area contributed by atoms with Crippen LogP contribution in [0.1, 0.15) is 27.2 Å². The van der Waals surface area contributed by atoms with Crippen LogP contribution in [0.3, 0.4) is 0 Å². The number of hydrogen-bond acceptors (Lipinski definition) is 3. The Labute approximate surface area is 87.6 Å². The molecule has 1 saturated carbocycles. The lowest BCUT2D eigenvalue weighted by molar-refractivity contribution is -0.113. The van der Waals surface area contributed by atoms with Crippen molar-refractivity contribution >= 4 is 0 Å². The van der Waals surface area contributed by atoms with Crippen LogP contribution in [0.2, 0.25) is 0 Å². The van der Waals surface area contributed by atoms with Crippen LogP contribution in [0.5, 0.6) is 0 Å². The maximum atomic E-state index is 5.67. The molecule has 14 heavy (non-hydrogen) atoms. The van der Waals surface area contributed by atoms with Crippen LogP contribution in [0.4, 0.5) is 0 Å². The van der Waals surface area contributed by atoms with Gasteiger partial charge in [-0.05, 0) is 20.4 Å². The molecule has 0 amide bonds. The second-order valence-electron chi connectivity index (χ2n) is 4.61. The summed E-state index contributed by atoms with van der Waals surface area (Å²) in [6.07, 6.45) is 1.60. The average molecular weight is 200 g/mol. The number of ether oxygens (including phenoxy) is 1. The smallest absolute Gasteiger partial charge is 0.0655 e. The van der Waals surface area contributed by atoms with Gasteiger partial charge in [0, 0.05) is 31.2 Å². The summed E-state index contributed by atoms with van der Waals surface area (Å²) in [4.78, 5) is 0. The molecule has 0 aliphatic heterocycles. The lowest BCUT2D eigenvalue weighted by Gasteiger charge is -2.52. The van der Waals surface area contributed by atoms with Crippen molar-refractivity contribution in [3.05, 3.63) is 0 Å². The van der Waals surface area contributed by atoms with E-state index in [1.165, 1.54) is 0 Å². The highest BCUT2D eigenvalue weighted by Crippen LogP contribution is 2.42. The molecule has 2 unspecified atom stereocenters. The van der Waals surface area contributed by atoms with E-state index in [4.69, 9.17) is 4.74 Å². The SMILES string of the molecule is CCOC1CC(NCCNC)C1(C)C. The Balaban J connectivity index is 2.24. The molecule has 1 fully saturated rings. The van der Waals surface area contributed by atoms with Crippen LogP contribution < -0.4 is 10.6 Å². The molecule has 0 radical (unpaired) electrons. The standard InChI is InChI=1S/C11H24N2O/c1-5-14-10-8-9(11(10,2)3)13-7-6-12-4/h9-10,12-13H,5-8H2,1-4H3. The maximum Gasteiger partial charge on any atom is 0.0655 e. The first-order chi connectivity index (χ1) is 6.62. The highest BCUT2D eigenvalue weighted by Gasteiger charge is 2.48. The monoisotopic (exact) mass is 200 g/mol. The highest BCUT2D eigenvalue weighted by molar-refractivity contribution is 5.02. The summed E-state index contributed by atoms with van der Waals surface area (Å²) < 4.78 is 5.67. The number of rotatable bonds is 6. The Morgan fingerprint density at radius 1 is 1.36 bits per heavy atom. The topological polar surface area (TPSA) is 33.3 Å². The first kappa shape index (κ1) is 12.0. The van der Waals surface area contributed by atoms with Crippen molar-refractivity contribution < 1.29 is 4.74 Å². The van der Waals surface area contributed by atoms with Gasteiger partial charge < -0.3 is 15.4 Å². The molecular weight excluding hydrogens is 176 g/mol. The fourth-order valence-electron chi connectivity index (χ4n) is 2.09. The molecule has 3 nitrogen and oxygen atoms in total. The van der Waals surface area contributed by atoms with E-state index in [0.29, 0.717) is 17.6 Å². The lowest BCUT2D eigenvalue weighted by Crippen LogP contribution is -2.61. The Morgan fingerprint density at radius 2 is 2.07 bits per heavy atom. The minimum absolute atomic E-state index is 0.295.